The second kappa shape index (κ2) is 7.08. The Morgan fingerprint density at radius 1 is 0.759 bits per heavy atom. The fourth-order valence-electron chi connectivity index (χ4n) is 3.43. The van der Waals surface area contributed by atoms with Crippen molar-refractivity contribution in [2.24, 2.45) is 0 Å². The van der Waals surface area contributed by atoms with E-state index in [1.54, 1.807) is 12.1 Å². The van der Waals surface area contributed by atoms with E-state index in [1.807, 2.05) is 13.1 Å². The van der Waals surface area contributed by atoms with Crippen LogP contribution in [0.3, 0.4) is 0 Å². The summed E-state index contributed by atoms with van der Waals surface area (Å²) in [7, 11) is -2.55. The van der Waals surface area contributed by atoms with Crippen LogP contribution < -0.4 is 21.0 Å². The lowest BCUT2D eigenvalue weighted by Gasteiger charge is -2.33. The zero-order valence-electron chi connectivity index (χ0n) is 15.6. The number of rotatable bonds is 4. The molecule has 10 heteroatoms. The van der Waals surface area contributed by atoms with Crippen LogP contribution in [0.5, 0.6) is 0 Å². The highest BCUT2D eigenvalue weighted by molar-refractivity contribution is 7.02. The zero-order valence-corrected chi connectivity index (χ0v) is 16.6. The molecular weight excluding hydrogens is 414 g/mol. The minimum absolute atomic E-state index is 0.240. The van der Waals surface area contributed by atoms with Crippen LogP contribution in [-0.4, -0.2) is 39.3 Å². The highest BCUT2D eigenvalue weighted by atomic mass is 28.3. The number of benzene rings is 2. The lowest BCUT2D eigenvalue weighted by molar-refractivity contribution is -0.116. The van der Waals surface area contributed by atoms with Gasteiger partial charge in [-0.1, -0.05) is 13.1 Å². The molecule has 29 heavy (non-hydrogen) atoms. The molecule has 0 fully saturated rings. The molecule has 1 aliphatic rings. The Hall–Kier alpha value is -2.49. The molecule has 3 nitrogen and oxygen atoms in total. The fraction of sp³-hybridized carbons (Fsp3) is 0.316. The third kappa shape index (κ3) is 4.57. The van der Waals surface area contributed by atoms with Crippen LogP contribution in [0.4, 0.5) is 37.7 Å². The summed E-state index contributed by atoms with van der Waals surface area (Å²) in [5, 5.41) is 5.91. The summed E-state index contributed by atoms with van der Waals surface area (Å²) >= 11 is 0. The number of halogens is 6. The number of hydrogen-bond donors (Lipinski definition) is 2. The molecule has 0 saturated heterocycles. The van der Waals surface area contributed by atoms with Crippen molar-refractivity contribution in [1.29, 1.82) is 0 Å². The third-order valence-corrected chi connectivity index (χ3v) is 8.38. The maximum absolute atomic E-state index is 12.9. The average Bonchev–Trinajstić information content (AvgIpc) is 2.61. The number of nitrogens with one attached hydrogen (secondary N) is 2. The maximum Gasteiger partial charge on any atom is 0.405 e. The molecular formula is C19H18F6N2OSi. The molecule has 0 saturated carbocycles. The van der Waals surface area contributed by atoms with Crippen molar-refractivity contribution in [2.45, 2.75) is 25.4 Å². The lowest BCUT2D eigenvalue weighted by Crippen LogP contribution is -2.59. The van der Waals surface area contributed by atoms with E-state index in [2.05, 4.69) is 10.6 Å². The standard InChI is InChI=1S/C19H18F6N2OSi/c1-29(2)15-7-11(26-9-18(20,21)22)3-5-13(15)17(28)14-6-4-12(8-16(14)29)27-10-19(23,24)25/h3-8,26-27H,9-10H2,1-2H3. The van der Waals surface area contributed by atoms with Crippen molar-refractivity contribution in [1.82, 2.24) is 0 Å². The van der Waals surface area contributed by atoms with Crippen LogP contribution in [0.15, 0.2) is 36.4 Å². The van der Waals surface area contributed by atoms with Gasteiger partial charge in [-0.15, -0.1) is 0 Å². The van der Waals surface area contributed by atoms with Crippen molar-refractivity contribution >= 4 is 35.6 Å². The summed E-state index contributed by atoms with van der Waals surface area (Å²) in [4.78, 5) is 12.9. The van der Waals surface area contributed by atoms with E-state index in [9.17, 15) is 31.1 Å². The molecule has 2 aromatic rings. The molecule has 156 valence electrons. The normalized spacial score (nSPS) is 15.5. The summed E-state index contributed by atoms with van der Waals surface area (Å²) in [6.07, 6.45) is -8.77. The van der Waals surface area contributed by atoms with Crippen LogP contribution in [0.25, 0.3) is 0 Å². The van der Waals surface area contributed by atoms with Crippen LogP contribution in [0.1, 0.15) is 15.9 Å². The number of carbonyl (C=O) groups excluding carboxylic acids is 1. The maximum atomic E-state index is 12.9. The molecule has 0 aromatic heterocycles. The monoisotopic (exact) mass is 432 g/mol. The summed E-state index contributed by atoms with van der Waals surface area (Å²) in [5.74, 6) is -0.286. The van der Waals surface area contributed by atoms with Gasteiger partial charge in [0.1, 0.15) is 21.2 Å². The number of hydrogen-bond acceptors (Lipinski definition) is 3. The molecule has 0 unspecified atom stereocenters. The van der Waals surface area contributed by atoms with Crippen LogP contribution in [-0.2, 0) is 0 Å². The first-order chi connectivity index (χ1) is 13.3. The van der Waals surface area contributed by atoms with E-state index in [-0.39, 0.29) is 17.2 Å². The van der Waals surface area contributed by atoms with Crippen LogP contribution in [0.2, 0.25) is 13.1 Å². The van der Waals surface area contributed by atoms with Crippen molar-refractivity contribution < 1.29 is 31.1 Å². The molecule has 2 aromatic carbocycles. The SMILES string of the molecule is C[Si]1(C)c2cc(NCC(F)(F)F)ccc2C(=O)c2ccc(NCC(F)(F)F)cc21. The third-order valence-electron chi connectivity index (χ3n) is 4.86. The summed E-state index contributed by atoms with van der Waals surface area (Å²) in [6.45, 7) is 1.42. The lowest BCUT2D eigenvalue weighted by atomic mass is 10.0. The highest BCUT2D eigenvalue weighted by Gasteiger charge is 2.39. The topological polar surface area (TPSA) is 41.1 Å². The molecule has 0 atom stereocenters. The minimum atomic E-state index is -4.38. The molecule has 0 amide bonds. The van der Waals surface area contributed by atoms with Gasteiger partial charge in [0.2, 0.25) is 0 Å². The molecule has 0 radical (unpaired) electrons. The van der Waals surface area contributed by atoms with Gasteiger partial charge in [-0.3, -0.25) is 4.79 Å². The Kier molecular flexibility index (Phi) is 5.18. The van der Waals surface area contributed by atoms with Gasteiger partial charge in [-0.25, -0.2) is 0 Å². The van der Waals surface area contributed by atoms with E-state index < -0.39 is 33.5 Å². The Morgan fingerprint density at radius 2 is 1.14 bits per heavy atom. The van der Waals surface area contributed by atoms with Gasteiger partial charge >= 0.3 is 12.4 Å². The Morgan fingerprint density at radius 3 is 1.48 bits per heavy atom. The van der Waals surface area contributed by atoms with E-state index in [4.69, 9.17) is 0 Å². The molecule has 0 bridgehead atoms. The Balaban J connectivity index is 1.98. The molecule has 0 spiro atoms. The Labute approximate surface area is 164 Å². The zero-order chi connectivity index (χ0) is 21.6. The van der Waals surface area contributed by atoms with E-state index in [0.29, 0.717) is 21.5 Å². The van der Waals surface area contributed by atoms with Gasteiger partial charge in [-0.05, 0) is 46.8 Å². The summed E-state index contributed by atoms with van der Waals surface area (Å²) in [5.41, 5.74) is 1.32. The van der Waals surface area contributed by atoms with Crippen molar-refractivity contribution in [2.75, 3.05) is 23.7 Å². The first kappa shape index (κ1) is 21.2. The summed E-state index contributed by atoms with van der Waals surface area (Å²) < 4.78 is 75.0. The fourth-order valence-corrected chi connectivity index (χ4v) is 6.50. The number of ketones is 1. The van der Waals surface area contributed by atoms with Gasteiger partial charge in [0.15, 0.2) is 5.78 Å². The number of fused-ring (bicyclic) bond motifs is 2. The second-order valence-corrected chi connectivity index (χ2v) is 11.7. The first-order valence-corrected chi connectivity index (χ1v) is 11.7. The predicted molar refractivity (Wildman–Crippen MR) is 102 cm³/mol. The van der Waals surface area contributed by atoms with Crippen molar-refractivity contribution in [3.05, 3.63) is 47.5 Å². The van der Waals surface area contributed by atoms with Crippen LogP contribution in [0, 0.1) is 0 Å². The van der Waals surface area contributed by atoms with E-state index >= 15 is 0 Å². The first-order valence-electron chi connectivity index (χ1n) is 8.73. The van der Waals surface area contributed by atoms with E-state index in [1.165, 1.54) is 24.3 Å². The van der Waals surface area contributed by atoms with Crippen LogP contribution >= 0.6 is 0 Å². The van der Waals surface area contributed by atoms with Gasteiger partial charge in [0.05, 0.1) is 0 Å². The smallest absolute Gasteiger partial charge is 0.376 e. The predicted octanol–water partition coefficient (Wildman–Crippen LogP) is 4.00. The average molecular weight is 432 g/mol. The highest BCUT2D eigenvalue weighted by Crippen LogP contribution is 2.25. The summed E-state index contributed by atoms with van der Waals surface area (Å²) in [6, 6.07) is 8.95. The second-order valence-electron chi connectivity index (χ2n) is 7.41. The molecule has 1 heterocycles. The number of alkyl halides is 6. The van der Waals surface area contributed by atoms with Crippen molar-refractivity contribution in [3.63, 3.8) is 0 Å². The van der Waals surface area contributed by atoms with Crippen molar-refractivity contribution in [3.8, 4) is 0 Å². The van der Waals surface area contributed by atoms with Gasteiger partial charge in [-0.2, -0.15) is 26.3 Å². The molecule has 1 aliphatic heterocycles. The minimum Gasteiger partial charge on any atom is -0.376 e. The van der Waals surface area contributed by atoms with Gasteiger partial charge < -0.3 is 10.6 Å². The number of carbonyl (C=O) groups is 1. The van der Waals surface area contributed by atoms with E-state index in [0.717, 1.165) is 0 Å². The quantitative estimate of drug-likeness (QED) is 0.567. The molecule has 0 aliphatic carbocycles. The Bertz CT molecular complexity index is 879. The van der Waals surface area contributed by atoms with Gasteiger partial charge in [0.25, 0.3) is 0 Å². The molecule has 2 N–H and O–H groups in total. The number of anilines is 2. The molecule has 3 rings (SSSR count). The van der Waals surface area contributed by atoms with Gasteiger partial charge in [0, 0.05) is 22.5 Å². The largest absolute Gasteiger partial charge is 0.405 e.